The fourth-order valence-corrected chi connectivity index (χ4v) is 5.38. The van der Waals surface area contributed by atoms with E-state index in [2.05, 4.69) is 20.5 Å². The maximum absolute atomic E-state index is 14.4. The number of carbonyl (C=O) groups excluding carboxylic acids is 1. The van der Waals surface area contributed by atoms with Gasteiger partial charge in [-0.25, -0.2) is 9.37 Å². The zero-order valence-corrected chi connectivity index (χ0v) is 21.3. The van der Waals surface area contributed by atoms with Gasteiger partial charge in [0.2, 0.25) is 0 Å². The monoisotopic (exact) mass is 511 g/mol. The zero-order valence-electron chi connectivity index (χ0n) is 21.3. The summed E-state index contributed by atoms with van der Waals surface area (Å²) in [5.41, 5.74) is 5.72. The number of rotatable bonds is 7. The van der Waals surface area contributed by atoms with Gasteiger partial charge in [-0.3, -0.25) is 4.79 Å². The van der Waals surface area contributed by atoms with Crippen LogP contribution in [-0.4, -0.2) is 60.2 Å². The molecule has 1 fully saturated rings. The Kier molecular flexibility index (Phi) is 6.66. The molecular weight excluding hydrogens is 481 g/mol. The maximum atomic E-state index is 14.4. The number of halogens is 1. The number of piperidine rings is 1. The highest BCUT2D eigenvalue weighted by atomic mass is 19.1. The van der Waals surface area contributed by atoms with E-state index >= 15 is 0 Å². The van der Waals surface area contributed by atoms with Crippen molar-refractivity contribution >= 4 is 39.5 Å². The number of amides is 1. The number of carbonyl (C=O) groups is 1. The van der Waals surface area contributed by atoms with Gasteiger partial charge in [0.15, 0.2) is 0 Å². The van der Waals surface area contributed by atoms with Crippen molar-refractivity contribution in [2.24, 2.45) is 0 Å². The Morgan fingerprint density at radius 1 is 1.11 bits per heavy atom. The summed E-state index contributed by atoms with van der Waals surface area (Å²) in [5.74, 6) is -0.0810. The molecule has 0 bridgehead atoms. The van der Waals surface area contributed by atoms with Crippen molar-refractivity contribution in [3.05, 3.63) is 89.5 Å². The first-order valence-electron chi connectivity index (χ1n) is 13.0. The molecule has 0 saturated carbocycles. The molecular formula is C30H30FN5O2. The lowest BCUT2D eigenvalue weighted by Crippen LogP contribution is -2.40. The summed E-state index contributed by atoms with van der Waals surface area (Å²) in [4.78, 5) is 23.9. The third-order valence-corrected chi connectivity index (χ3v) is 7.32. The number of fused-ring (bicyclic) bond motifs is 2. The maximum Gasteiger partial charge on any atom is 0.257 e. The molecule has 1 amide bonds. The van der Waals surface area contributed by atoms with Crippen LogP contribution in [0.5, 0.6) is 0 Å². The number of para-hydroxylation sites is 2. The van der Waals surface area contributed by atoms with Crippen LogP contribution in [-0.2, 0) is 9.53 Å². The Balaban J connectivity index is 1.38. The van der Waals surface area contributed by atoms with Crippen molar-refractivity contribution in [2.75, 3.05) is 44.0 Å². The van der Waals surface area contributed by atoms with Crippen molar-refractivity contribution in [1.82, 2.24) is 14.9 Å². The van der Waals surface area contributed by atoms with Crippen LogP contribution in [0.15, 0.2) is 66.7 Å². The third-order valence-electron chi connectivity index (χ3n) is 7.32. The van der Waals surface area contributed by atoms with E-state index in [4.69, 9.17) is 9.72 Å². The zero-order chi connectivity index (χ0) is 26.1. The van der Waals surface area contributed by atoms with Crippen molar-refractivity contribution in [2.45, 2.75) is 18.9 Å². The van der Waals surface area contributed by atoms with Crippen LogP contribution in [0.3, 0.4) is 0 Å². The number of methoxy groups -OCH3 is 1. The molecule has 0 radical (unpaired) electrons. The van der Waals surface area contributed by atoms with E-state index < -0.39 is 0 Å². The van der Waals surface area contributed by atoms with Crippen LogP contribution in [0.4, 0.5) is 15.8 Å². The number of imidazole rings is 1. The van der Waals surface area contributed by atoms with E-state index in [1.807, 2.05) is 48.5 Å². The molecule has 7 nitrogen and oxygen atoms in total. The fraction of sp³-hybridized carbons (Fsp3) is 0.267. The molecule has 0 unspecified atom stereocenters. The second kappa shape index (κ2) is 10.4. The highest BCUT2D eigenvalue weighted by Crippen LogP contribution is 2.41. The van der Waals surface area contributed by atoms with Crippen LogP contribution in [0.25, 0.3) is 22.2 Å². The number of hydrogen-bond acceptors (Lipinski definition) is 5. The lowest BCUT2D eigenvalue weighted by molar-refractivity contribution is -0.110. The van der Waals surface area contributed by atoms with Gasteiger partial charge in [-0.15, -0.1) is 0 Å². The molecule has 1 saturated heterocycles. The molecule has 38 heavy (non-hydrogen) atoms. The van der Waals surface area contributed by atoms with E-state index in [9.17, 15) is 9.18 Å². The Labute approximate surface area is 220 Å². The van der Waals surface area contributed by atoms with Gasteiger partial charge in [-0.1, -0.05) is 24.3 Å². The molecule has 0 aliphatic carbocycles. The summed E-state index contributed by atoms with van der Waals surface area (Å²) < 4.78 is 19.6. The van der Waals surface area contributed by atoms with Crippen LogP contribution >= 0.6 is 0 Å². The van der Waals surface area contributed by atoms with Crippen molar-refractivity contribution in [1.29, 1.82) is 0 Å². The van der Waals surface area contributed by atoms with E-state index in [0.29, 0.717) is 28.6 Å². The highest BCUT2D eigenvalue weighted by molar-refractivity contribution is 6.38. The Morgan fingerprint density at radius 3 is 2.74 bits per heavy atom. The number of likely N-dealkylation sites (tertiary alicyclic amines) is 1. The summed E-state index contributed by atoms with van der Waals surface area (Å²) in [5, 5.41) is 6.66. The summed E-state index contributed by atoms with van der Waals surface area (Å²) in [6.45, 7) is 3.74. The summed E-state index contributed by atoms with van der Waals surface area (Å²) in [7, 11) is 1.73. The molecule has 3 aromatic carbocycles. The topological polar surface area (TPSA) is 82.3 Å². The van der Waals surface area contributed by atoms with Crippen molar-refractivity contribution in [3.8, 4) is 0 Å². The molecule has 1 aromatic heterocycles. The van der Waals surface area contributed by atoms with Gasteiger partial charge in [0.25, 0.3) is 5.91 Å². The minimum absolute atomic E-state index is 0.233. The lowest BCUT2D eigenvalue weighted by Gasteiger charge is -2.32. The Morgan fingerprint density at radius 2 is 1.95 bits per heavy atom. The predicted octanol–water partition coefficient (Wildman–Crippen LogP) is 5.14. The number of aromatic nitrogens is 2. The smallest absolute Gasteiger partial charge is 0.257 e. The van der Waals surface area contributed by atoms with Crippen LogP contribution in [0, 0.1) is 5.82 Å². The van der Waals surface area contributed by atoms with Crippen molar-refractivity contribution in [3.63, 3.8) is 0 Å². The van der Waals surface area contributed by atoms with Gasteiger partial charge < -0.3 is 25.3 Å². The first-order chi connectivity index (χ1) is 18.6. The van der Waals surface area contributed by atoms with E-state index in [1.165, 1.54) is 12.1 Å². The van der Waals surface area contributed by atoms with E-state index in [1.54, 1.807) is 13.2 Å². The number of nitrogens with zero attached hydrogens (tertiary/aromatic N) is 2. The number of benzene rings is 3. The van der Waals surface area contributed by atoms with Gasteiger partial charge in [0, 0.05) is 55.3 Å². The standard InChI is InChI=1S/C30H30FN5O2/c1-38-16-15-36-13-11-21(12-14-36)32-22-9-10-24-23(18-22)28(30(37)35-24)27(19-5-4-6-20(31)17-19)29-33-25-7-2-3-8-26(25)34-29/h2-10,17-18,21,32H,11-16H2,1H3,(H,33,34)(H,35,37). The molecule has 2 aliphatic heterocycles. The number of anilines is 2. The summed E-state index contributed by atoms with van der Waals surface area (Å²) >= 11 is 0. The second-order valence-electron chi connectivity index (χ2n) is 9.83. The quantitative estimate of drug-likeness (QED) is 0.300. The van der Waals surface area contributed by atoms with Gasteiger partial charge in [0.05, 0.1) is 23.2 Å². The Hall–Kier alpha value is -4.01. The molecule has 2 aliphatic rings. The Bertz CT molecular complexity index is 1490. The first-order valence-corrected chi connectivity index (χ1v) is 13.0. The number of H-pyrrole nitrogens is 1. The number of aromatic amines is 1. The molecule has 6 rings (SSSR count). The predicted molar refractivity (Wildman–Crippen MR) is 148 cm³/mol. The van der Waals surface area contributed by atoms with Gasteiger partial charge in [-0.05, 0) is 60.9 Å². The molecule has 0 atom stereocenters. The van der Waals surface area contributed by atoms with Crippen LogP contribution in [0.2, 0.25) is 0 Å². The van der Waals surface area contributed by atoms with Gasteiger partial charge in [0.1, 0.15) is 11.6 Å². The van der Waals surface area contributed by atoms with E-state index in [0.717, 1.165) is 67.1 Å². The number of nitrogens with one attached hydrogen (secondary N) is 3. The van der Waals surface area contributed by atoms with Gasteiger partial charge >= 0.3 is 0 Å². The van der Waals surface area contributed by atoms with Crippen LogP contribution in [0.1, 0.15) is 29.8 Å². The molecule has 8 heteroatoms. The lowest BCUT2D eigenvalue weighted by atomic mass is 9.94. The highest BCUT2D eigenvalue weighted by Gasteiger charge is 2.31. The normalized spacial score (nSPS) is 17.5. The SMILES string of the molecule is COCCN1CCC(Nc2ccc3c(c2)C(=C(c2cccc(F)c2)c2nc4ccccc4[nH]2)C(=O)N3)CC1. The molecule has 0 spiro atoms. The molecule has 3 heterocycles. The van der Waals surface area contributed by atoms with E-state index in [-0.39, 0.29) is 11.7 Å². The van der Waals surface area contributed by atoms with Crippen molar-refractivity contribution < 1.29 is 13.9 Å². The minimum Gasteiger partial charge on any atom is -0.383 e. The average Bonchev–Trinajstić information content (AvgIpc) is 3.49. The van der Waals surface area contributed by atoms with Crippen LogP contribution < -0.4 is 10.6 Å². The second-order valence-corrected chi connectivity index (χ2v) is 9.83. The molecule has 3 N–H and O–H groups in total. The fourth-order valence-electron chi connectivity index (χ4n) is 5.38. The number of ether oxygens (including phenoxy) is 1. The minimum atomic E-state index is -0.373. The summed E-state index contributed by atoms with van der Waals surface area (Å²) in [6.07, 6.45) is 2.07. The third kappa shape index (κ3) is 4.80. The number of hydrogen-bond donors (Lipinski definition) is 3. The van der Waals surface area contributed by atoms with Gasteiger partial charge in [-0.2, -0.15) is 0 Å². The largest absolute Gasteiger partial charge is 0.383 e. The molecule has 194 valence electrons. The summed E-state index contributed by atoms with van der Waals surface area (Å²) in [6, 6.07) is 20.3. The molecule has 4 aromatic rings. The first kappa shape index (κ1) is 24.3. The average molecular weight is 512 g/mol.